The van der Waals surface area contributed by atoms with Gasteiger partial charge < -0.3 is 0 Å². The minimum atomic E-state index is 0.459. The molecular weight excluding hydrogens is 228 g/mol. The van der Waals surface area contributed by atoms with Crippen LogP contribution in [0.4, 0.5) is 0 Å². The molecule has 0 heterocycles. The normalized spacial score (nSPS) is 33.9. The molecule has 0 N–H and O–H groups in total. The molecule has 0 heteroatoms. The molecule has 0 aromatic heterocycles. The van der Waals surface area contributed by atoms with Crippen molar-refractivity contribution in [2.45, 2.75) is 71.1 Å². The number of hydrogen-bond acceptors (Lipinski definition) is 0. The minimum Gasteiger partial charge on any atom is -0.0622 e. The molecule has 2 aliphatic rings. The first-order chi connectivity index (χ1) is 9.02. The zero-order valence-corrected chi connectivity index (χ0v) is 13.0. The summed E-state index contributed by atoms with van der Waals surface area (Å²) in [6, 6.07) is 7.35. The Hall–Kier alpha value is -0.780. The molecule has 0 spiro atoms. The van der Waals surface area contributed by atoms with Gasteiger partial charge >= 0.3 is 0 Å². The molecule has 0 saturated heterocycles. The van der Waals surface area contributed by atoms with E-state index in [1.807, 2.05) is 0 Å². The van der Waals surface area contributed by atoms with Crippen molar-refractivity contribution in [2.75, 3.05) is 0 Å². The molecule has 0 unspecified atom stereocenters. The number of benzene rings is 1. The third-order valence-electron chi connectivity index (χ3n) is 6.00. The van der Waals surface area contributed by atoms with Gasteiger partial charge in [-0.2, -0.15) is 0 Å². The van der Waals surface area contributed by atoms with Crippen LogP contribution in [0.3, 0.4) is 0 Å². The largest absolute Gasteiger partial charge is 0.0622 e. The average molecular weight is 256 g/mol. The molecule has 0 amide bonds. The van der Waals surface area contributed by atoms with Gasteiger partial charge in [-0.25, -0.2) is 0 Å². The summed E-state index contributed by atoms with van der Waals surface area (Å²) < 4.78 is 0. The standard InChI is InChI=1S/C19H28/c1-13(2)15-7-10-18-16(12-15)8-9-17-14(3)6-5-11-19(17,18)4/h7,10,12-14,17H,5-6,8-9,11H2,1-4H3/t14-,17+,19-/m0/s1. The maximum Gasteiger partial charge on any atom is -0.00417 e. The highest BCUT2D eigenvalue weighted by Gasteiger charge is 2.44. The highest BCUT2D eigenvalue weighted by Crippen LogP contribution is 2.52. The van der Waals surface area contributed by atoms with Gasteiger partial charge in [-0.3, -0.25) is 0 Å². The van der Waals surface area contributed by atoms with Crippen molar-refractivity contribution in [1.29, 1.82) is 0 Å². The SMILES string of the molecule is CC(C)c1ccc2c(c1)CC[C@@H]1[C@@H](C)CCC[C@]21C. The van der Waals surface area contributed by atoms with Crippen molar-refractivity contribution in [3.63, 3.8) is 0 Å². The molecule has 104 valence electrons. The van der Waals surface area contributed by atoms with E-state index in [1.165, 1.54) is 37.7 Å². The van der Waals surface area contributed by atoms with E-state index in [2.05, 4.69) is 45.9 Å². The van der Waals surface area contributed by atoms with Crippen molar-refractivity contribution in [3.8, 4) is 0 Å². The Bertz CT molecular complexity index is 471. The van der Waals surface area contributed by atoms with E-state index in [-0.39, 0.29) is 0 Å². The number of hydrogen-bond donors (Lipinski definition) is 0. The molecule has 3 rings (SSSR count). The molecule has 19 heavy (non-hydrogen) atoms. The zero-order chi connectivity index (χ0) is 13.6. The van der Waals surface area contributed by atoms with Crippen molar-refractivity contribution < 1.29 is 0 Å². The molecule has 0 bridgehead atoms. The second-order valence-corrected chi connectivity index (χ2v) is 7.50. The molecule has 0 radical (unpaired) electrons. The monoisotopic (exact) mass is 256 g/mol. The lowest BCUT2D eigenvalue weighted by Gasteiger charge is -2.49. The van der Waals surface area contributed by atoms with Crippen molar-refractivity contribution in [1.82, 2.24) is 0 Å². The average Bonchev–Trinajstić information content (AvgIpc) is 2.38. The first-order valence-corrected chi connectivity index (χ1v) is 8.15. The van der Waals surface area contributed by atoms with Gasteiger partial charge in [0.05, 0.1) is 0 Å². The van der Waals surface area contributed by atoms with Crippen molar-refractivity contribution in [2.24, 2.45) is 11.8 Å². The third-order valence-corrected chi connectivity index (χ3v) is 6.00. The van der Waals surface area contributed by atoms with E-state index in [9.17, 15) is 0 Å². The topological polar surface area (TPSA) is 0 Å². The minimum absolute atomic E-state index is 0.459. The predicted molar refractivity (Wildman–Crippen MR) is 82.7 cm³/mol. The van der Waals surface area contributed by atoms with Crippen LogP contribution >= 0.6 is 0 Å². The molecule has 1 fully saturated rings. The van der Waals surface area contributed by atoms with Crippen LogP contribution in [0.25, 0.3) is 0 Å². The summed E-state index contributed by atoms with van der Waals surface area (Å²) in [7, 11) is 0. The van der Waals surface area contributed by atoms with Crippen LogP contribution in [0.15, 0.2) is 18.2 Å². The third kappa shape index (κ3) is 2.04. The van der Waals surface area contributed by atoms with Crippen LogP contribution in [0, 0.1) is 11.8 Å². The molecule has 0 nitrogen and oxygen atoms in total. The van der Waals surface area contributed by atoms with Gasteiger partial charge in [0.1, 0.15) is 0 Å². The Labute approximate surface area is 118 Å². The lowest BCUT2D eigenvalue weighted by Crippen LogP contribution is -2.43. The fourth-order valence-corrected chi connectivity index (χ4v) is 4.79. The van der Waals surface area contributed by atoms with Gasteiger partial charge in [0.2, 0.25) is 0 Å². The van der Waals surface area contributed by atoms with Crippen molar-refractivity contribution in [3.05, 3.63) is 34.9 Å². The summed E-state index contributed by atoms with van der Waals surface area (Å²) in [5, 5.41) is 0. The number of rotatable bonds is 1. The molecule has 1 saturated carbocycles. The summed E-state index contributed by atoms with van der Waals surface area (Å²) in [4.78, 5) is 0. The van der Waals surface area contributed by atoms with Crippen LogP contribution < -0.4 is 0 Å². The fraction of sp³-hybridized carbons (Fsp3) is 0.684. The summed E-state index contributed by atoms with van der Waals surface area (Å²) in [5.74, 6) is 2.48. The Balaban J connectivity index is 2.04. The van der Waals surface area contributed by atoms with Gasteiger partial charge in [-0.05, 0) is 59.1 Å². The molecule has 2 aliphatic carbocycles. The van der Waals surface area contributed by atoms with E-state index in [1.54, 1.807) is 11.1 Å². The second kappa shape index (κ2) is 4.65. The Morgan fingerprint density at radius 1 is 1.21 bits per heavy atom. The summed E-state index contributed by atoms with van der Waals surface area (Å²) >= 11 is 0. The van der Waals surface area contributed by atoms with Gasteiger partial charge in [0, 0.05) is 0 Å². The molecule has 1 aromatic rings. The van der Waals surface area contributed by atoms with Gasteiger partial charge in [-0.1, -0.05) is 58.7 Å². The smallest absolute Gasteiger partial charge is 0.00417 e. The van der Waals surface area contributed by atoms with Gasteiger partial charge in [0.15, 0.2) is 0 Å². The van der Waals surface area contributed by atoms with E-state index >= 15 is 0 Å². The second-order valence-electron chi connectivity index (χ2n) is 7.50. The van der Waals surface area contributed by atoms with Crippen LogP contribution in [0.1, 0.15) is 76.0 Å². The quantitative estimate of drug-likeness (QED) is 0.626. The lowest BCUT2D eigenvalue weighted by atomic mass is 9.55. The van der Waals surface area contributed by atoms with Crippen LogP contribution in [0.2, 0.25) is 0 Å². The van der Waals surface area contributed by atoms with E-state index < -0.39 is 0 Å². The molecular formula is C19H28. The maximum absolute atomic E-state index is 2.54. The molecule has 1 aromatic carbocycles. The summed E-state index contributed by atoms with van der Waals surface area (Å²) in [6.07, 6.45) is 6.97. The lowest BCUT2D eigenvalue weighted by molar-refractivity contribution is 0.118. The van der Waals surface area contributed by atoms with E-state index in [4.69, 9.17) is 0 Å². The fourth-order valence-electron chi connectivity index (χ4n) is 4.79. The molecule has 0 aliphatic heterocycles. The Kier molecular flexibility index (Phi) is 3.23. The number of aryl methyl sites for hydroxylation is 1. The first kappa shape index (κ1) is 13.2. The van der Waals surface area contributed by atoms with E-state index in [0.717, 1.165) is 11.8 Å². The highest BCUT2D eigenvalue weighted by atomic mass is 14.5. The van der Waals surface area contributed by atoms with E-state index in [0.29, 0.717) is 11.3 Å². The zero-order valence-electron chi connectivity index (χ0n) is 13.0. The molecule has 3 atom stereocenters. The maximum atomic E-state index is 2.54. The highest BCUT2D eigenvalue weighted by molar-refractivity contribution is 5.41. The van der Waals surface area contributed by atoms with Crippen LogP contribution in [-0.2, 0) is 11.8 Å². The van der Waals surface area contributed by atoms with Crippen molar-refractivity contribution >= 4 is 0 Å². The predicted octanol–water partition coefficient (Wildman–Crippen LogP) is 5.45. The van der Waals surface area contributed by atoms with Crippen LogP contribution in [0.5, 0.6) is 0 Å². The Morgan fingerprint density at radius 3 is 2.74 bits per heavy atom. The van der Waals surface area contributed by atoms with Crippen LogP contribution in [-0.4, -0.2) is 0 Å². The Morgan fingerprint density at radius 2 is 2.00 bits per heavy atom. The summed E-state index contributed by atoms with van der Waals surface area (Å²) in [5.41, 5.74) is 5.31. The number of fused-ring (bicyclic) bond motifs is 3. The first-order valence-electron chi connectivity index (χ1n) is 8.15. The summed E-state index contributed by atoms with van der Waals surface area (Å²) in [6.45, 7) is 9.63. The van der Waals surface area contributed by atoms with Gasteiger partial charge in [-0.15, -0.1) is 0 Å². The van der Waals surface area contributed by atoms with Gasteiger partial charge in [0.25, 0.3) is 0 Å².